The van der Waals surface area contributed by atoms with Crippen LogP contribution in [0, 0.1) is 6.92 Å². The summed E-state index contributed by atoms with van der Waals surface area (Å²) in [4.78, 5) is 6.79. The van der Waals surface area contributed by atoms with E-state index in [1.807, 2.05) is 19.1 Å². The summed E-state index contributed by atoms with van der Waals surface area (Å²) in [6, 6.07) is 6.14. The van der Waals surface area contributed by atoms with E-state index in [4.69, 9.17) is 9.73 Å². The van der Waals surface area contributed by atoms with Crippen molar-refractivity contribution in [3.8, 4) is 5.75 Å². The number of rotatable bonds is 5. The summed E-state index contributed by atoms with van der Waals surface area (Å²) < 4.78 is 29.1. The van der Waals surface area contributed by atoms with Crippen LogP contribution in [0.15, 0.2) is 23.2 Å². The molecule has 0 atom stereocenters. The Morgan fingerprint density at radius 2 is 2.12 bits per heavy atom. The van der Waals surface area contributed by atoms with Gasteiger partial charge < -0.3 is 15.0 Å². The van der Waals surface area contributed by atoms with E-state index in [0.29, 0.717) is 19.6 Å². The number of hydrogen-bond donors (Lipinski definition) is 1. The molecule has 0 bridgehead atoms. The van der Waals surface area contributed by atoms with Crippen LogP contribution in [0.25, 0.3) is 0 Å². The number of aliphatic imine (C=N–C) groups is 1. The summed E-state index contributed by atoms with van der Waals surface area (Å²) in [5.41, 5.74) is 2.33. The summed E-state index contributed by atoms with van der Waals surface area (Å²) in [5.74, 6) is 1.82. The van der Waals surface area contributed by atoms with Crippen molar-refractivity contribution < 1.29 is 13.2 Å². The van der Waals surface area contributed by atoms with Gasteiger partial charge in [-0.3, -0.25) is 4.99 Å². The smallest absolute Gasteiger partial charge is 0.194 e. The maximum atomic E-state index is 12.2. The van der Waals surface area contributed by atoms with E-state index < -0.39 is 14.6 Å². The topological polar surface area (TPSA) is 71.0 Å². The highest BCUT2D eigenvalue weighted by Crippen LogP contribution is 2.24. The van der Waals surface area contributed by atoms with Gasteiger partial charge in [-0.25, -0.2) is 8.42 Å². The predicted molar refractivity (Wildman–Crippen MR) is 107 cm³/mol. The molecule has 0 saturated carbocycles. The van der Waals surface area contributed by atoms with Gasteiger partial charge in [-0.1, -0.05) is 17.7 Å². The first-order valence-corrected chi connectivity index (χ1v) is 10.7. The minimum Gasteiger partial charge on any atom is -0.496 e. The SMILES string of the molecule is CCNC(=NCCc1cc(C)ccc1OC)N1CCS(=O)(=O)C(C)(C)C1. The molecule has 1 N–H and O–H groups in total. The average Bonchev–Trinajstić information content (AvgIpc) is 2.57. The van der Waals surface area contributed by atoms with Crippen LogP contribution in [0.2, 0.25) is 0 Å². The van der Waals surface area contributed by atoms with Gasteiger partial charge in [0.25, 0.3) is 0 Å². The monoisotopic (exact) mass is 381 g/mol. The Morgan fingerprint density at radius 3 is 2.73 bits per heavy atom. The fourth-order valence-electron chi connectivity index (χ4n) is 3.14. The van der Waals surface area contributed by atoms with Crippen molar-refractivity contribution >= 4 is 15.8 Å². The van der Waals surface area contributed by atoms with Crippen molar-refractivity contribution in [2.45, 2.75) is 38.9 Å². The van der Waals surface area contributed by atoms with Crippen molar-refractivity contribution in [2.24, 2.45) is 4.99 Å². The second-order valence-corrected chi connectivity index (χ2v) is 10.0. The third kappa shape index (κ3) is 4.69. The lowest BCUT2D eigenvalue weighted by Crippen LogP contribution is -2.57. The van der Waals surface area contributed by atoms with E-state index in [1.54, 1.807) is 21.0 Å². The normalized spacial score (nSPS) is 19.3. The molecule has 0 aromatic heterocycles. The number of ether oxygens (including phenoxy) is 1. The first-order valence-electron chi connectivity index (χ1n) is 9.09. The Morgan fingerprint density at radius 1 is 1.38 bits per heavy atom. The van der Waals surface area contributed by atoms with Crippen LogP contribution in [0.4, 0.5) is 0 Å². The van der Waals surface area contributed by atoms with E-state index in [9.17, 15) is 8.42 Å². The highest BCUT2D eigenvalue weighted by atomic mass is 32.2. The molecular formula is C19H31N3O3S. The molecule has 0 aliphatic carbocycles. The van der Waals surface area contributed by atoms with Crippen molar-refractivity contribution in [2.75, 3.05) is 39.0 Å². The van der Waals surface area contributed by atoms with Crippen LogP contribution >= 0.6 is 0 Å². The quantitative estimate of drug-likeness (QED) is 0.624. The Kier molecular flexibility index (Phi) is 6.55. The summed E-state index contributed by atoms with van der Waals surface area (Å²) in [6.45, 7) is 9.95. The molecule has 1 aromatic carbocycles. The van der Waals surface area contributed by atoms with Crippen molar-refractivity contribution in [3.63, 3.8) is 0 Å². The van der Waals surface area contributed by atoms with Gasteiger partial charge in [0, 0.05) is 26.2 Å². The van der Waals surface area contributed by atoms with E-state index in [-0.39, 0.29) is 5.75 Å². The Balaban J connectivity index is 2.11. The van der Waals surface area contributed by atoms with E-state index >= 15 is 0 Å². The molecule has 1 aliphatic rings. The minimum absolute atomic E-state index is 0.163. The predicted octanol–water partition coefficient (Wildman–Crippen LogP) is 2.02. The van der Waals surface area contributed by atoms with Crippen LogP contribution in [-0.4, -0.2) is 63.1 Å². The Bertz CT molecular complexity index is 757. The molecule has 1 aromatic rings. The Hall–Kier alpha value is -1.76. The molecule has 1 heterocycles. The van der Waals surface area contributed by atoms with E-state index in [1.165, 1.54) is 5.56 Å². The average molecular weight is 382 g/mol. The van der Waals surface area contributed by atoms with Gasteiger partial charge in [0.05, 0.1) is 17.6 Å². The summed E-state index contributed by atoms with van der Waals surface area (Å²) in [5, 5.41) is 3.29. The van der Waals surface area contributed by atoms with Crippen molar-refractivity contribution in [1.82, 2.24) is 10.2 Å². The maximum absolute atomic E-state index is 12.2. The number of sulfone groups is 1. The van der Waals surface area contributed by atoms with Crippen LogP contribution in [0.5, 0.6) is 5.75 Å². The number of methoxy groups -OCH3 is 1. The molecule has 0 spiro atoms. The van der Waals surface area contributed by atoms with Gasteiger partial charge in [-0.2, -0.15) is 0 Å². The number of nitrogens with zero attached hydrogens (tertiary/aromatic N) is 2. The third-order valence-electron chi connectivity index (χ3n) is 4.76. The molecule has 1 aliphatic heterocycles. The highest BCUT2D eigenvalue weighted by molar-refractivity contribution is 7.92. The molecule has 6 nitrogen and oxygen atoms in total. The first kappa shape index (κ1) is 20.6. The van der Waals surface area contributed by atoms with Gasteiger partial charge in [-0.05, 0) is 45.7 Å². The second kappa shape index (κ2) is 8.29. The van der Waals surface area contributed by atoms with Gasteiger partial charge >= 0.3 is 0 Å². The highest BCUT2D eigenvalue weighted by Gasteiger charge is 2.40. The molecule has 26 heavy (non-hydrogen) atoms. The number of guanidine groups is 1. The fourth-order valence-corrected chi connectivity index (χ4v) is 4.50. The van der Waals surface area contributed by atoms with E-state index in [0.717, 1.165) is 30.2 Å². The van der Waals surface area contributed by atoms with Crippen LogP contribution in [0.1, 0.15) is 31.9 Å². The molecule has 146 valence electrons. The largest absolute Gasteiger partial charge is 0.496 e. The zero-order chi connectivity index (χ0) is 19.4. The summed E-state index contributed by atoms with van der Waals surface area (Å²) in [7, 11) is -1.38. The molecule has 1 saturated heterocycles. The molecule has 2 rings (SSSR count). The molecular weight excluding hydrogens is 350 g/mol. The lowest BCUT2D eigenvalue weighted by Gasteiger charge is -2.39. The lowest BCUT2D eigenvalue weighted by atomic mass is 10.1. The minimum atomic E-state index is -3.06. The van der Waals surface area contributed by atoms with Crippen LogP contribution in [-0.2, 0) is 16.3 Å². The standard InChI is InChI=1S/C19H31N3O3S/c1-6-20-18(22-11-12-26(23,24)19(3,4)14-22)21-10-9-16-13-15(2)7-8-17(16)25-5/h7-8,13H,6,9-12,14H2,1-5H3,(H,20,21). The van der Waals surface area contributed by atoms with E-state index in [2.05, 4.69) is 23.2 Å². The van der Waals surface area contributed by atoms with Crippen LogP contribution < -0.4 is 10.1 Å². The molecule has 1 fully saturated rings. The number of hydrogen-bond acceptors (Lipinski definition) is 4. The molecule has 0 unspecified atom stereocenters. The molecule has 0 radical (unpaired) electrons. The first-order chi connectivity index (χ1) is 12.2. The van der Waals surface area contributed by atoms with Gasteiger partial charge in [-0.15, -0.1) is 0 Å². The van der Waals surface area contributed by atoms with Crippen molar-refractivity contribution in [3.05, 3.63) is 29.3 Å². The Labute approximate surface area is 157 Å². The molecule has 7 heteroatoms. The van der Waals surface area contributed by atoms with Gasteiger partial charge in [0.1, 0.15) is 5.75 Å². The van der Waals surface area contributed by atoms with Gasteiger partial charge in [0.15, 0.2) is 15.8 Å². The summed E-state index contributed by atoms with van der Waals surface area (Å²) >= 11 is 0. The maximum Gasteiger partial charge on any atom is 0.194 e. The number of nitrogens with one attached hydrogen (secondary N) is 1. The van der Waals surface area contributed by atoms with Gasteiger partial charge in [0.2, 0.25) is 0 Å². The zero-order valence-corrected chi connectivity index (χ0v) is 17.3. The van der Waals surface area contributed by atoms with Crippen LogP contribution in [0.3, 0.4) is 0 Å². The molecule has 0 amide bonds. The fraction of sp³-hybridized carbons (Fsp3) is 0.632. The third-order valence-corrected chi connectivity index (χ3v) is 7.29. The van der Waals surface area contributed by atoms with Crippen molar-refractivity contribution in [1.29, 1.82) is 0 Å². The number of aryl methyl sites for hydroxylation is 1. The summed E-state index contributed by atoms with van der Waals surface area (Å²) in [6.07, 6.45) is 0.773. The second-order valence-electron chi connectivity index (χ2n) is 7.30. The number of benzene rings is 1. The lowest BCUT2D eigenvalue weighted by molar-refractivity contribution is 0.353. The zero-order valence-electron chi connectivity index (χ0n) is 16.5.